The zero-order valence-corrected chi connectivity index (χ0v) is 13.7. The van der Waals surface area contributed by atoms with Gasteiger partial charge >= 0.3 is 129 Å². The second-order valence-electron chi connectivity index (χ2n) is 5.29. The molecule has 2 heterocycles. The molecule has 4 aromatic rings. The van der Waals surface area contributed by atoms with Gasteiger partial charge in [-0.15, -0.1) is 0 Å². The molecule has 0 amide bonds. The SMILES string of the molecule is Cc1ccccc1-c1c2[se]c3ccccc3c2nc[n+]1C. The van der Waals surface area contributed by atoms with Crippen molar-refractivity contribution in [1.82, 2.24) is 4.98 Å². The summed E-state index contributed by atoms with van der Waals surface area (Å²) in [5, 5.41) is 1.31. The Morgan fingerprint density at radius 3 is 2.62 bits per heavy atom. The van der Waals surface area contributed by atoms with Gasteiger partial charge in [0.05, 0.1) is 0 Å². The number of aryl methyl sites for hydroxylation is 2. The standard InChI is InChI=1S/C18H15N2Se/c1-12-7-3-4-8-13(12)17-18-16(19-11-20(17)2)14-9-5-6-10-15(14)21-18/h3-11H,1-2H3/q+1. The Morgan fingerprint density at radius 1 is 1.00 bits per heavy atom. The van der Waals surface area contributed by atoms with Gasteiger partial charge in [0, 0.05) is 0 Å². The molecule has 0 unspecified atom stereocenters. The van der Waals surface area contributed by atoms with Gasteiger partial charge in [0.25, 0.3) is 0 Å². The van der Waals surface area contributed by atoms with Crippen LogP contribution in [0, 0.1) is 6.92 Å². The topological polar surface area (TPSA) is 16.8 Å². The van der Waals surface area contributed by atoms with E-state index in [1.807, 2.05) is 6.33 Å². The molecule has 0 spiro atoms. The van der Waals surface area contributed by atoms with Crippen molar-refractivity contribution in [3.8, 4) is 11.3 Å². The molecule has 0 radical (unpaired) electrons. The van der Waals surface area contributed by atoms with Crippen molar-refractivity contribution in [2.24, 2.45) is 7.05 Å². The molecule has 0 aliphatic carbocycles. The minimum absolute atomic E-state index is 0.329. The first-order valence-electron chi connectivity index (χ1n) is 6.97. The molecule has 0 fully saturated rings. The Labute approximate surface area is 129 Å². The zero-order chi connectivity index (χ0) is 14.4. The molecule has 0 atom stereocenters. The molecule has 2 aromatic heterocycles. The van der Waals surface area contributed by atoms with Crippen molar-refractivity contribution >= 4 is 33.9 Å². The first kappa shape index (κ1) is 12.8. The predicted molar refractivity (Wildman–Crippen MR) is 87.5 cm³/mol. The number of rotatable bonds is 1. The summed E-state index contributed by atoms with van der Waals surface area (Å²) in [7, 11) is 2.09. The van der Waals surface area contributed by atoms with Gasteiger partial charge in [0.1, 0.15) is 0 Å². The van der Waals surface area contributed by atoms with E-state index in [1.54, 1.807) is 0 Å². The van der Waals surface area contributed by atoms with E-state index in [-0.39, 0.29) is 0 Å². The van der Waals surface area contributed by atoms with Crippen LogP contribution < -0.4 is 4.57 Å². The summed E-state index contributed by atoms with van der Waals surface area (Å²) in [6.07, 6.45) is 1.94. The molecule has 102 valence electrons. The van der Waals surface area contributed by atoms with Gasteiger partial charge in [-0.3, -0.25) is 0 Å². The molecule has 4 rings (SSSR count). The van der Waals surface area contributed by atoms with Gasteiger partial charge in [0.2, 0.25) is 0 Å². The monoisotopic (exact) mass is 339 g/mol. The van der Waals surface area contributed by atoms with E-state index in [0.717, 1.165) is 0 Å². The molecular formula is C18H15N2Se+. The van der Waals surface area contributed by atoms with Gasteiger partial charge in [-0.1, -0.05) is 0 Å². The molecular weight excluding hydrogens is 323 g/mol. The molecule has 3 heteroatoms. The van der Waals surface area contributed by atoms with Crippen molar-refractivity contribution < 1.29 is 4.57 Å². The summed E-state index contributed by atoms with van der Waals surface area (Å²) in [5.41, 5.74) is 5.11. The van der Waals surface area contributed by atoms with Crippen molar-refractivity contribution in [3.63, 3.8) is 0 Å². The van der Waals surface area contributed by atoms with E-state index in [0.29, 0.717) is 14.5 Å². The quantitative estimate of drug-likeness (QED) is 0.385. The minimum atomic E-state index is 0.329. The van der Waals surface area contributed by atoms with Gasteiger partial charge in [-0.05, 0) is 0 Å². The van der Waals surface area contributed by atoms with Gasteiger partial charge in [0.15, 0.2) is 0 Å². The number of aromatic nitrogens is 2. The van der Waals surface area contributed by atoms with Crippen molar-refractivity contribution in [3.05, 3.63) is 60.4 Å². The molecule has 0 aliphatic rings. The Balaban J connectivity index is 2.18. The van der Waals surface area contributed by atoms with Gasteiger partial charge in [-0.2, -0.15) is 0 Å². The molecule has 2 aromatic carbocycles. The summed E-state index contributed by atoms with van der Waals surface area (Å²) < 4.78 is 5.01. The Bertz CT molecular complexity index is 969. The molecule has 0 bridgehead atoms. The third kappa shape index (κ3) is 1.93. The molecule has 0 saturated heterocycles. The fourth-order valence-electron chi connectivity index (χ4n) is 2.83. The molecule has 0 saturated carbocycles. The Morgan fingerprint density at radius 2 is 1.76 bits per heavy atom. The van der Waals surface area contributed by atoms with Crippen LogP contribution in [0.25, 0.3) is 30.7 Å². The van der Waals surface area contributed by atoms with Crippen molar-refractivity contribution in [1.29, 1.82) is 0 Å². The van der Waals surface area contributed by atoms with Gasteiger partial charge in [-0.25, -0.2) is 0 Å². The summed E-state index contributed by atoms with van der Waals surface area (Å²) in [6, 6.07) is 17.3. The summed E-state index contributed by atoms with van der Waals surface area (Å²) >= 11 is 0.329. The van der Waals surface area contributed by atoms with Crippen LogP contribution in [0.4, 0.5) is 0 Å². The number of benzene rings is 2. The number of hydrogen-bond acceptors (Lipinski definition) is 1. The zero-order valence-electron chi connectivity index (χ0n) is 12.0. The Kier molecular flexibility index (Phi) is 2.91. The number of hydrogen-bond donors (Lipinski definition) is 0. The number of nitrogens with zero attached hydrogens (tertiary/aromatic N) is 2. The van der Waals surface area contributed by atoms with E-state index >= 15 is 0 Å². The maximum absolute atomic E-state index is 4.69. The van der Waals surface area contributed by atoms with Crippen molar-refractivity contribution in [2.75, 3.05) is 0 Å². The van der Waals surface area contributed by atoms with Crippen LogP contribution in [0.5, 0.6) is 0 Å². The van der Waals surface area contributed by atoms with E-state index in [1.165, 1.54) is 36.2 Å². The van der Waals surface area contributed by atoms with Crippen LogP contribution in [0.1, 0.15) is 5.56 Å². The second kappa shape index (κ2) is 4.80. The summed E-state index contributed by atoms with van der Waals surface area (Å²) in [5.74, 6) is 0. The molecule has 0 aliphatic heterocycles. The fourth-order valence-corrected chi connectivity index (χ4v) is 5.46. The number of fused-ring (bicyclic) bond motifs is 3. The second-order valence-corrected chi connectivity index (χ2v) is 7.50. The average molecular weight is 338 g/mol. The van der Waals surface area contributed by atoms with Gasteiger partial charge < -0.3 is 0 Å². The predicted octanol–water partition coefficient (Wildman–Crippen LogP) is 3.24. The summed E-state index contributed by atoms with van der Waals surface area (Å²) in [4.78, 5) is 4.69. The van der Waals surface area contributed by atoms with Crippen LogP contribution in [-0.4, -0.2) is 19.5 Å². The third-order valence-electron chi connectivity index (χ3n) is 3.90. The molecule has 2 nitrogen and oxygen atoms in total. The third-order valence-corrected chi connectivity index (χ3v) is 6.35. The first-order chi connectivity index (χ1) is 10.3. The normalized spacial score (nSPS) is 11.3. The van der Waals surface area contributed by atoms with Crippen LogP contribution in [-0.2, 0) is 7.05 Å². The van der Waals surface area contributed by atoms with E-state index in [4.69, 9.17) is 4.98 Å². The van der Waals surface area contributed by atoms with Crippen LogP contribution in [0.3, 0.4) is 0 Å². The van der Waals surface area contributed by atoms with Crippen molar-refractivity contribution in [2.45, 2.75) is 6.92 Å². The van der Waals surface area contributed by atoms with Crippen LogP contribution >= 0.6 is 0 Å². The molecule has 0 N–H and O–H groups in total. The van der Waals surface area contributed by atoms with Crippen LogP contribution in [0.15, 0.2) is 54.9 Å². The maximum atomic E-state index is 4.69. The fraction of sp³-hybridized carbons (Fsp3) is 0.111. The van der Waals surface area contributed by atoms with E-state index < -0.39 is 0 Å². The molecule has 21 heavy (non-hydrogen) atoms. The average Bonchev–Trinajstić information content (AvgIpc) is 2.87. The van der Waals surface area contributed by atoms with Crippen LogP contribution in [0.2, 0.25) is 0 Å². The summed E-state index contributed by atoms with van der Waals surface area (Å²) in [6.45, 7) is 2.18. The van der Waals surface area contributed by atoms with E-state index in [9.17, 15) is 0 Å². The van der Waals surface area contributed by atoms with E-state index in [2.05, 4.69) is 67.1 Å². The first-order valence-corrected chi connectivity index (χ1v) is 8.69. The Hall–Kier alpha value is -1.96.